The van der Waals surface area contributed by atoms with E-state index in [1.807, 2.05) is 24.3 Å². The number of benzene rings is 1. The van der Waals surface area contributed by atoms with Gasteiger partial charge in [-0.15, -0.1) is 11.3 Å². The molecule has 28 heavy (non-hydrogen) atoms. The first-order chi connectivity index (χ1) is 13.5. The molecule has 0 unspecified atom stereocenters. The van der Waals surface area contributed by atoms with Gasteiger partial charge in [-0.05, 0) is 62.4 Å². The van der Waals surface area contributed by atoms with Crippen LogP contribution < -0.4 is 10.9 Å². The lowest BCUT2D eigenvalue weighted by Gasteiger charge is -2.11. The number of carbonyl (C=O) groups excluding carboxylic acids is 1. The van der Waals surface area contributed by atoms with E-state index in [0.29, 0.717) is 23.6 Å². The van der Waals surface area contributed by atoms with Crippen LogP contribution in [0.4, 0.5) is 5.69 Å². The van der Waals surface area contributed by atoms with Gasteiger partial charge in [0.2, 0.25) is 5.91 Å². The maximum Gasteiger partial charge on any atom is 0.266 e. The first-order valence-electron chi connectivity index (χ1n) is 9.29. The second-order valence-corrected chi connectivity index (χ2v) is 8.29. The molecule has 1 aromatic carbocycles. The lowest BCUT2D eigenvalue weighted by molar-refractivity contribution is -0.116. The average molecular weight is 392 g/mol. The second-order valence-electron chi connectivity index (χ2n) is 7.23. The summed E-state index contributed by atoms with van der Waals surface area (Å²) in [4.78, 5) is 31.6. The second kappa shape index (κ2) is 7.21. The SMILES string of the molecule is Cc1[nH]c(=O)c(C#N)c(C)c1CCC(=O)Nc1ccc2nc(C3CC3)sc2c1. The Morgan fingerprint density at radius 2 is 2.18 bits per heavy atom. The van der Waals surface area contributed by atoms with Crippen molar-refractivity contribution in [2.24, 2.45) is 0 Å². The molecule has 1 saturated carbocycles. The topological polar surface area (TPSA) is 98.6 Å². The van der Waals surface area contributed by atoms with Crippen molar-refractivity contribution in [2.75, 3.05) is 5.32 Å². The van der Waals surface area contributed by atoms with Crippen LogP contribution in [0.3, 0.4) is 0 Å². The third kappa shape index (κ3) is 3.56. The monoisotopic (exact) mass is 392 g/mol. The Labute approximate surface area is 166 Å². The number of hydrogen-bond acceptors (Lipinski definition) is 5. The number of nitriles is 1. The van der Waals surface area contributed by atoms with Crippen molar-refractivity contribution in [3.05, 3.63) is 55.9 Å². The maximum atomic E-state index is 12.4. The highest BCUT2D eigenvalue weighted by Gasteiger charge is 2.27. The van der Waals surface area contributed by atoms with Crippen LogP contribution in [0.1, 0.15) is 52.6 Å². The fourth-order valence-corrected chi connectivity index (χ4v) is 4.58. The van der Waals surface area contributed by atoms with Crippen LogP contribution in [0.15, 0.2) is 23.0 Å². The van der Waals surface area contributed by atoms with Gasteiger partial charge in [-0.2, -0.15) is 5.26 Å². The molecule has 6 nitrogen and oxygen atoms in total. The van der Waals surface area contributed by atoms with Gasteiger partial charge in [0.15, 0.2) is 0 Å². The number of pyridine rings is 1. The van der Waals surface area contributed by atoms with E-state index in [1.54, 1.807) is 25.2 Å². The molecule has 2 aromatic heterocycles. The fourth-order valence-electron chi connectivity index (χ4n) is 3.41. The molecule has 1 fully saturated rings. The molecule has 0 aliphatic heterocycles. The van der Waals surface area contributed by atoms with Crippen LogP contribution in [0.2, 0.25) is 0 Å². The zero-order valence-electron chi connectivity index (χ0n) is 15.8. The fraction of sp³-hybridized carbons (Fsp3) is 0.333. The third-order valence-electron chi connectivity index (χ3n) is 5.14. The molecule has 1 aliphatic carbocycles. The molecule has 0 bridgehead atoms. The number of fused-ring (bicyclic) bond motifs is 1. The first kappa shape index (κ1) is 18.4. The molecule has 0 spiro atoms. The summed E-state index contributed by atoms with van der Waals surface area (Å²) in [6, 6.07) is 7.74. The van der Waals surface area contributed by atoms with E-state index in [9.17, 15) is 9.59 Å². The van der Waals surface area contributed by atoms with Gasteiger partial charge in [0.25, 0.3) is 5.56 Å². The number of nitrogens with zero attached hydrogens (tertiary/aromatic N) is 2. The molecule has 2 heterocycles. The minimum atomic E-state index is -0.380. The summed E-state index contributed by atoms with van der Waals surface area (Å²) in [5.74, 6) is 0.521. The Morgan fingerprint density at radius 3 is 2.89 bits per heavy atom. The van der Waals surface area contributed by atoms with Crippen molar-refractivity contribution < 1.29 is 4.79 Å². The highest BCUT2D eigenvalue weighted by molar-refractivity contribution is 7.18. The molecular formula is C21H20N4O2S. The average Bonchev–Trinajstić information content (AvgIpc) is 3.41. The summed E-state index contributed by atoms with van der Waals surface area (Å²) < 4.78 is 1.09. The molecule has 2 N–H and O–H groups in total. The smallest absolute Gasteiger partial charge is 0.266 e. The van der Waals surface area contributed by atoms with Gasteiger partial charge in [-0.1, -0.05) is 0 Å². The Balaban J connectivity index is 1.46. The number of aromatic nitrogens is 2. The summed E-state index contributed by atoms with van der Waals surface area (Å²) in [6.45, 7) is 3.54. The number of carbonyl (C=O) groups is 1. The predicted molar refractivity (Wildman–Crippen MR) is 110 cm³/mol. The number of hydrogen-bond donors (Lipinski definition) is 2. The van der Waals surface area contributed by atoms with Gasteiger partial charge >= 0.3 is 0 Å². The quantitative estimate of drug-likeness (QED) is 0.687. The van der Waals surface area contributed by atoms with Gasteiger partial charge in [0.1, 0.15) is 11.6 Å². The van der Waals surface area contributed by atoms with Crippen LogP contribution in [-0.4, -0.2) is 15.9 Å². The van der Waals surface area contributed by atoms with Crippen LogP contribution in [0, 0.1) is 25.2 Å². The normalized spacial score (nSPS) is 13.5. The zero-order valence-corrected chi connectivity index (χ0v) is 16.6. The van der Waals surface area contributed by atoms with E-state index in [-0.39, 0.29) is 23.5 Å². The van der Waals surface area contributed by atoms with Crippen LogP contribution in [0.5, 0.6) is 0 Å². The molecule has 0 saturated heterocycles. The van der Waals surface area contributed by atoms with Gasteiger partial charge in [-0.25, -0.2) is 4.98 Å². The Hall–Kier alpha value is -2.98. The molecule has 0 atom stereocenters. The van der Waals surface area contributed by atoms with Crippen LogP contribution in [-0.2, 0) is 11.2 Å². The first-order valence-corrected chi connectivity index (χ1v) is 10.1. The van der Waals surface area contributed by atoms with Crippen molar-refractivity contribution in [3.63, 3.8) is 0 Å². The lowest BCUT2D eigenvalue weighted by atomic mass is 9.99. The Bertz CT molecular complexity index is 1180. The molecule has 3 aromatic rings. The standard InChI is InChI=1S/C21H20N4O2S/c1-11-15(12(2)23-20(27)16(11)10-22)6-8-19(26)24-14-5-7-17-18(9-14)28-21(25-17)13-3-4-13/h5,7,9,13H,3-4,6,8H2,1-2H3,(H,23,27)(H,24,26). The molecular weight excluding hydrogens is 372 g/mol. The number of aryl methyl sites for hydroxylation is 1. The minimum Gasteiger partial charge on any atom is -0.326 e. The molecule has 142 valence electrons. The van der Waals surface area contributed by atoms with E-state index in [2.05, 4.69) is 15.3 Å². The summed E-state index contributed by atoms with van der Waals surface area (Å²) >= 11 is 1.70. The van der Waals surface area contributed by atoms with Crippen molar-refractivity contribution in [1.82, 2.24) is 9.97 Å². The molecule has 1 aliphatic rings. The number of rotatable bonds is 5. The third-order valence-corrected chi connectivity index (χ3v) is 6.32. The maximum absolute atomic E-state index is 12.4. The van der Waals surface area contributed by atoms with Crippen molar-refractivity contribution >= 4 is 33.1 Å². The minimum absolute atomic E-state index is 0.102. The molecule has 0 radical (unpaired) electrons. The van der Waals surface area contributed by atoms with E-state index < -0.39 is 0 Å². The van der Waals surface area contributed by atoms with Crippen LogP contribution >= 0.6 is 11.3 Å². The number of nitrogens with one attached hydrogen (secondary N) is 2. The van der Waals surface area contributed by atoms with E-state index in [4.69, 9.17) is 5.26 Å². The highest BCUT2D eigenvalue weighted by Crippen LogP contribution is 2.43. The van der Waals surface area contributed by atoms with Gasteiger partial charge in [-0.3, -0.25) is 9.59 Å². The Kier molecular flexibility index (Phi) is 4.73. The number of H-pyrrole nitrogens is 1. The van der Waals surface area contributed by atoms with Gasteiger partial charge in [0.05, 0.1) is 15.2 Å². The van der Waals surface area contributed by atoms with E-state index in [0.717, 1.165) is 21.5 Å². The Morgan fingerprint density at radius 1 is 1.39 bits per heavy atom. The molecule has 7 heteroatoms. The van der Waals surface area contributed by atoms with Crippen molar-refractivity contribution in [2.45, 2.75) is 45.4 Å². The summed E-state index contributed by atoms with van der Waals surface area (Å²) in [5.41, 5.74) is 3.67. The van der Waals surface area contributed by atoms with Crippen molar-refractivity contribution in [1.29, 1.82) is 5.26 Å². The number of amides is 1. The van der Waals surface area contributed by atoms with E-state index >= 15 is 0 Å². The summed E-state index contributed by atoms with van der Waals surface area (Å²) in [6.07, 6.45) is 3.18. The summed E-state index contributed by atoms with van der Waals surface area (Å²) in [7, 11) is 0. The predicted octanol–water partition coefficient (Wildman–Crippen LogP) is 3.92. The largest absolute Gasteiger partial charge is 0.326 e. The summed E-state index contributed by atoms with van der Waals surface area (Å²) in [5, 5.41) is 13.3. The van der Waals surface area contributed by atoms with Gasteiger partial charge < -0.3 is 10.3 Å². The molecule has 4 rings (SSSR count). The molecule has 1 amide bonds. The number of thiazole rings is 1. The van der Waals surface area contributed by atoms with Gasteiger partial charge in [0, 0.05) is 23.7 Å². The zero-order chi connectivity index (χ0) is 19.8. The number of aromatic amines is 1. The lowest BCUT2D eigenvalue weighted by Crippen LogP contribution is -2.18. The highest BCUT2D eigenvalue weighted by atomic mass is 32.1. The number of anilines is 1. The van der Waals surface area contributed by atoms with Crippen LogP contribution in [0.25, 0.3) is 10.2 Å². The van der Waals surface area contributed by atoms with E-state index in [1.165, 1.54) is 17.8 Å². The van der Waals surface area contributed by atoms with Crippen molar-refractivity contribution in [3.8, 4) is 6.07 Å².